The molecule has 0 aliphatic heterocycles. The van der Waals surface area contributed by atoms with Gasteiger partial charge in [-0.2, -0.15) is 0 Å². The van der Waals surface area contributed by atoms with Crippen LogP contribution in [0.5, 0.6) is 0 Å². The van der Waals surface area contributed by atoms with Crippen molar-refractivity contribution in [2.75, 3.05) is 13.1 Å². The quantitative estimate of drug-likeness (QED) is 0.687. The smallest absolute Gasteiger partial charge is 0.217 e. The minimum Gasteiger partial charge on any atom is -0.390 e. The zero-order valence-corrected chi connectivity index (χ0v) is 13.4. The van der Waals surface area contributed by atoms with E-state index < -0.39 is 6.10 Å². The summed E-state index contributed by atoms with van der Waals surface area (Å²) in [5.74, 6) is 0.649. The molecule has 0 spiro atoms. The lowest BCUT2D eigenvalue weighted by atomic mass is 10.0. The summed E-state index contributed by atoms with van der Waals surface area (Å²) in [6.07, 6.45) is 5.32. The molecule has 0 heterocycles. The summed E-state index contributed by atoms with van der Waals surface area (Å²) in [4.78, 5) is 11.4. The van der Waals surface area contributed by atoms with Crippen molar-refractivity contribution >= 4 is 5.91 Å². The van der Waals surface area contributed by atoms with E-state index in [1.165, 1.54) is 32.6 Å². The Morgan fingerprint density at radius 2 is 1.95 bits per heavy atom. The first-order chi connectivity index (χ1) is 10.6. The molecule has 0 aromatic heterocycles. The third-order valence-corrected chi connectivity index (χ3v) is 4.41. The highest BCUT2D eigenvalue weighted by Crippen LogP contribution is 2.23. The standard InChI is InChI=1S/C18H28N2O2/c1-14(21)20-17(11-15-7-3-2-4-8-15)18(22)13-19-12-16-9-5-6-10-16/h2-4,7-8,16-19,22H,5-6,9-13H2,1H3,(H,20,21)/t17-,18+/m0/s1. The Morgan fingerprint density at radius 1 is 1.27 bits per heavy atom. The van der Waals surface area contributed by atoms with Crippen LogP contribution in [0.2, 0.25) is 0 Å². The first kappa shape index (κ1) is 17.0. The van der Waals surface area contributed by atoms with Gasteiger partial charge in [-0.15, -0.1) is 0 Å². The summed E-state index contributed by atoms with van der Waals surface area (Å²) in [6, 6.07) is 9.71. The Morgan fingerprint density at radius 3 is 2.59 bits per heavy atom. The average Bonchev–Trinajstić information content (AvgIpc) is 3.00. The van der Waals surface area contributed by atoms with E-state index >= 15 is 0 Å². The second kappa shape index (κ2) is 8.91. The zero-order chi connectivity index (χ0) is 15.8. The molecule has 0 radical (unpaired) electrons. The number of hydrogen-bond donors (Lipinski definition) is 3. The molecule has 4 heteroatoms. The highest BCUT2D eigenvalue weighted by Gasteiger charge is 2.21. The van der Waals surface area contributed by atoms with E-state index in [9.17, 15) is 9.90 Å². The van der Waals surface area contributed by atoms with Gasteiger partial charge in [0.05, 0.1) is 12.1 Å². The van der Waals surface area contributed by atoms with Crippen molar-refractivity contribution in [3.63, 3.8) is 0 Å². The third kappa shape index (κ3) is 5.78. The van der Waals surface area contributed by atoms with E-state index in [1.54, 1.807) is 0 Å². The number of rotatable bonds is 8. The Bertz CT molecular complexity index is 444. The van der Waals surface area contributed by atoms with Crippen LogP contribution >= 0.6 is 0 Å². The van der Waals surface area contributed by atoms with Crippen LogP contribution in [0.25, 0.3) is 0 Å². The predicted octanol–water partition coefficient (Wildman–Crippen LogP) is 1.87. The summed E-state index contributed by atoms with van der Waals surface area (Å²) in [5, 5.41) is 16.7. The van der Waals surface area contributed by atoms with Crippen molar-refractivity contribution < 1.29 is 9.90 Å². The molecule has 122 valence electrons. The summed E-state index contributed by atoms with van der Waals surface area (Å²) >= 11 is 0. The fourth-order valence-corrected chi connectivity index (χ4v) is 3.20. The summed E-state index contributed by atoms with van der Waals surface area (Å²) in [6.45, 7) is 2.99. The lowest BCUT2D eigenvalue weighted by Gasteiger charge is -2.24. The van der Waals surface area contributed by atoms with E-state index in [1.807, 2.05) is 30.3 Å². The molecular formula is C18H28N2O2. The molecule has 1 saturated carbocycles. The number of aliphatic hydroxyl groups is 1. The van der Waals surface area contributed by atoms with E-state index in [4.69, 9.17) is 0 Å². The molecule has 0 saturated heterocycles. The molecule has 1 aromatic carbocycles. The Hall–Kier alpha value is -1.39. The van der Waals surface area contributed by atoms with Crippen LogP contribution in [-0.2, 0) is 11.2 Å². The van der Waals surface area contributed by atoms with Gasteiger partial charge in [0.2, 0.25) is 5.91 Å². The van der Waals surface area contributed by atoms with Crippen LogP contribution in [-0.4, -0.2) is 36.2 Å². The van der Waals surface area contributed by atoms with Gasteiger partial charge < -0.3 is 15.7 Å². The summed E-state index contributed by atoms with van der Waals surface area (Å²) < 4.78 is 0. The van der Waals surface area contributed by atoms with E-state index in [0.717, 1.165) is 18.0 Å². The second-order valence-corrected chi connectivity index (χ2v) is 6.37. The van der Waals surface area contributed by atoms with E-state index in [-0.39, 0.29) is 11.9 Å². The normalized spacial score (nSPS) is 18.1. The van der Waals surface area contributed by atoms with Gasteiger partial charge in [0, 0.05) is 13.5 Å². The van der Waals surface area contributed by atoms with Crippen LogP contribution in [0.4, 0.5) is 0 Å². The molecule has 1 aliphatic rings. The van der Waals surface area contributed by atoms with Crippen LogP contribution in [0.15, 0.2) is 30.3 Å². The SMILES string of the molecule is CC(=O)N[C@@H](Cc1ccccc1)[C@H](O)CNCC1CCCC1. The zero-order valence-electron chi connectivity index (χ0n) is 13.4. The molecule has 2 atom stereocenters. The summed E-state index contributed by atoms with van der Waals surface area (Å²) in [7, 11) is 0. The Labute approximate surface area is 133 Å². The van der Waals surface area contributed by atoms with Gasteiger partial charge in [-0.1, -0.05) is 43.2 Å². The van der Waals surface area contributed by atoms with Crippen LogP contribution in [0, 0.1) is 5.92 Å². The maximum atomic E-state index is 11.4. The minimum absolute atomic E-state index is 0.101. The minimum atomic E-state index is -0.578. The van der Waals surface area contributed by atoms with Crippen molar-refractivity contribution in [1.82, 2.24) is 10.6 Å². The Balaban J connectivity index is 1.82. The number of aliphatic hydroxyl groups excluding tert-OH is 1. The van der Waals surface area contributed by atoms with Crippen molar-refractivity contribution in [3.05, 3.63) is 35.9 Å². The Kier molecular flexibility index (Phi) is 6.87. The number of hydrogen-bond acceptors (Lipinski definition) is 3. The van der Waals surface area contributed by atoms with Gasteiger partial charge >= 0.3 is 0 Å². The van der Waals surface area contributed by atoms with Gasteiger partial charge in [-0.25, -0.2) is 0 Å². The highest BCUT2D eigenvalue weighted by atomic mass is 16.3. The van der Waals surface area contributed by atoms with E-state index in [0.29, 0.717) is 13.0 Å². The van der Waals surface area contributed by atoms with Crippen molar-refractivity contribution in [2.24, 2.45) is 5.92 Å². The molecule has 3 N–H and O–H groups in total. The number of nitrogens with one attached hydrogen (secondary N) is 2. The molecule has 1 fully saturated rings. The summed E-state index contributed by atoms with van der Waals surface area (Å²) in [5.41, 5.74) is 1.12. The van der Waals surface area contributed by atoms with Crippen molar-refractivity contribution in [1.29, 1.82) is 0 Å². The lowest BCUT2D eigenvalue weighted by Crippen LogP contribution is -2.48. The number of carbonyl (C=O) groups is 1. The molecule has 1 aliphatic carbocycles. The van der Waals surface area contributed by atoms with Crippen LogP contribution in [0.3, 0.4) is 0 Å². The fourth-order valence-electron chi connectivity index (χ4n) is 3.20. The average molecular weight is 304 g/mol. The van der Waals surface area contributed by atoms with Gasteiger partial charge in [0.25, 0.3) is 0 Å². The van der Waals surface area contributed by atoms with Crippen LogP contribution in [0.1, 0.15) is 38.2 Å². The molecule has 1 aromatic rings. The topological polar surface area (TPSA) is 61.4 Å². The number of amides is 1. The maximum Gasteiger partial charge on any atom is 0.217 e. The van der Waals surface area contributed by atoms with Crippen LogP contribution < -0.4 is 10.6 Å². The molecule has 4 nitrogen and oxygen atoms in total. The molecule has 0 unspecified atom stereocenters. The van der Waals surface area contributed by atoms with Crippen molar-refractivity contribution in [2.45, 2.75) is 51.2 Å². The molecular weight excluding hydrogens is 276 g/mol. The first-order valence-corrected chi connectivity index (χ1v) is 8.35. The molecule has 2 rings (SSSR count). The van der Waals surface area contributed by atoms with E-state index in [2.05, 4.69) is 10.6 Å². The van der Waals surface area contributed by atoms with Gasteiger partial charge in [-0.05, 0) is 37.3 Å². The highest BCUT2D eigenvalue weighted by molar-refractivity contribution is 5.73. The molecule has 1 amide bonds. The lowest BCUT2D eigenvalue weighted by molar-refractivity contribution is -0.120. The number of benzene rings is 1. The molecule has 22 heavy (non-hydrogen) atoms. The monoisotopic (exact) mass is 304 g/mol. The predicted molar refractivity (Wildman–Crippen MR) is 88.6 cm³/mol. The third-order valence-electron chi connectivity index (χ3n) is 4.41. The largest absolute Gasteiger partial charge is 0.390 e. The maximum absolute atomic E-state index is 11.4. The number of carbonyl (C=O) groups excluding carboxylic acids is 1. The van der Waals surface area contributed by atoms with Crippen molar-refractivity contribution in [3.8, 4) is 0 Å². The second-order valence-electron chi connectivity index (χ2n) is 6.37. The first-order valence-electron chi connectivity index (χ1n) is 8.35. The van der Waals surface area contributed by atoms with Gasteiger partial charge in [-0.3, -0.25) is 4.79 Å². The van der Waals surface area contributed by atoms with Gasteiger partial charge in [0.1, 0.15) is 0 Å². The van der Waals surface area contributed by atoms with Gasteiger partial charge in [0.15, 0.2) is 0 Å². The fraction of sp³-hybridized carbons (Fsp3) is 0.611. The molecule has 0 bridgehead atoms.